The van der Waals surface area contributed by atoms with E-state index in [1.165, 1.54) is 0 Å². The van der Waals surface area contributed by atoms with Gasteiger partial charge in [0.1, 0.15) is 0 Å². The summed E-state index contributed by atoms with van der Waals surface area (Å²) in [4.78, 5) is 9.51. The van der Waals surface area contributed by atoms with Gasteiger partial charge in [-0.2, -0.15) is 14.0 Å². The number of hydrogen-bond acceptors (Lipinski definition) is 5. The number of hydrogen-bond donors (Lipinski definition) is 1. The Balaban J connectivity index is 3.39. The van der Waals surface area contributed by atoms with Crippen molar-refractivity contribution >= 4 is 5.97 Å². The molecule has 0 bridgehead atoms. The van der Waals surface area contributed by atoms with Crippen molar-refractivity contribution in [2.75, 3.05) is 6.61 Å². The summed E-state index contributed by atoms with van der Waals surface area (Å²) in [5.41, 5.74) is 0. The zero-order valence-electron chi connectivity index (χ0n) is 4.07. The van der Waals surface area contributed by atoms with Gasteiger partial charge in [-0.05, 0) is 0 Å². The normalized spacial score (nSPS) is 11.4. The van der Waals surface area contributed by atoms with Crippen molar-refractivity contribution in [2.45, 2.75) is 0 Å². The molecule has 0 saturated heterocycles. The van der Waals surface area contributed by atoms with Crippen LogP contribution >= 0.6 is 0 Å². The second kappa shape index (κ2) is 2.95. The summed E-state index contributed by atoms with van der Waals surface area (Å²) in [6, 6.07) is 0. The third-order valence-corrected chi connectivity index (χ3v) is 0.688. The lowest BCUT2D eigenvalue weighted by Gasteiger charge is -2.10. The van der Waals surface area contributed by atoms with Gasteiger partial charge in [-0.1, -0.05) is 0 Å². The van der Waals surface area contributed by atoms with Crippen molar-refractivity contribution in [3.05, 3.63) is 0 Å². The molecule has 0 amide bonds. The van der Waals surface area contributed by atoms with E-state index >= 15 is 0 Å². The summed E-state index contributed by atoms with van der Waals surface area (Å²) in [6.45, 7) is -1.13. The third kappa shape index (κ3) is 7.60. The third-order valence-electron chi connectivity index (χ3n) is 0.312. The van der Waals surface area contributed by atoms with Gasteiger partial charge in [-0.25, -0.2) is 4.79 Å². The molecule has 0 aliphatic rings. The van der Waals surface area contributed by atoms with Gasteiger partial charge in [0.25, 0.3) is 6.61 Å². The molecule has 0 heterocycles. The van der Waals surface area contributed by atoms with Gasteiger partial charge in [0.15, 0.2) is 0 Å². The van der Waals surface area contributed by atoms with E-state index in [4.69, 9.17) is 5.11 Å². The quantitative estimate of drug-likeness (QED) is 0.447. The average Bonchev–Trinajstić information content (AvgIpc) is 1.59. The smallest absolute Gasteiger partial charge is 0.347 e. The van der Waals surface area contributed by atoms with E-state index in [2.05, 4.69) is 4.29 Å². The predicted octanol–water partition coefficient (Wildman–Crippen LogP) is -4.02. The molecule has 0 unspecified atom stereocenters. The van der Waals surface area contributed by atoms with Crippen LogP contribution in [0.3, 0.4) is 0 Å². The first-order valence-corrected chi connectivity index (χ1v) is 2.92. The summed E-state index contributed by atoms with van der Waals surface area (Å²) in [5, 5.41) is 7.74. The van der Waals surface area contributed by atoms with Crippen LogP contribution in [0.15, 0.2) is 0 Å². The fraction of sp³-hybridized carbons (Fsp3) is 0.500. The second-order valence-corrected chi connectivity index (χ2v) is 2.00. The Labute approximate surface area is 52.0 Å². The molecule has 6 nitrogen and oxygen atoms in total. The lowest BCUT2D eigenvalue weighted by molar-refractivity contribution is -1.92. The van der Waals surface area contributed by atoms with Gasteiger partial charge in [-0.3, -0.25) is 0 Å². The number of carbonyl (C=O) groups is 1. The Hall–Kier alpha value is -0.400. The Bertz CT molecular complexity index is 104. The average molecular weight is 158 g/mol. The van der Waals surface area contributed by atoms with Crippen molar-refractivity contribution in [1.29, 1.82) is 0 Å². The van der Waals surface area contributed by atoms with E-state index in [1.807, 2.05) is 0 Å². The van der Waals surface area contributed by atoms with Crippen LogP contribution in [0, 0.1) is 10.2 Å². The lowest BCUT2D eigenvalue weighted by atomic mass is 10.8. The molecule has 9 heavy (non-hydrogen) atoms. The molecular formula is C2H3ClO6. The van der Waals surface area contributed by atoms with Crippen LogP contribution in [-0.4, -0.2) is 17.7 Å². The van der Waals surface area contributed by atoms with Crippen LogP contribution in [-0.2, 0) is 9.08 Å². The van der Waals surface area contributed by atoms with Crippen LogP contribution in [0.5, 0.6) is 0 Å². The molecule has 1 N–H and O–H groups in total. The molecule has 0 fully saturated rings. The minimum Gasteiger partial charge on any atom is -0.479 e. The molecule has 0 saturated carbocycles. The highest BCUT2D eigenvalue weighted by atomic mass is 35.7. The summed E-state index contributed by atoms with van der Waals surface area (Å²) < 4.78 is 31.7. The van der Waals surface area contributed by atoms with Crippen molar-refractivity contribution in [3.8, 4) is 0 Å². The highest BCUT2D eigenvalue weighted by Gasteiger charge is 2.19. The van der Waals surface area contributed by atoms with E-state index in [0.717, 1.165) is 0 Å². The first-order chi connectivity index (χ1) is 3.92. The maximum absolute atomic E-state index is 9.51. The Morgan fingerprint density at radius 1 is 1.56 bits per heavy atom. The fourth-order valence-electron chi connectivity index (χ4n) is 0.113. The van der Waals surface area contributed by atoms with Gasteiger partial charge in [0, 0.05) is 0 Å². The molecule has 0 rings (SSSR count). The maximum Gasteiger partial charge on any atom is 0.347 e. The largest absolute Gasteiger partial charge is 0.479 e. The second-order valence-electron chi connectivity index (χ2n) is 1.03. The van der Waals surface area contributed by atoms with Gasteiger partial charge in [0.2, 0.25) is 0 Å². The molecule has 0 aromatic rings. The molecule has 0 atom stereocenters. The van der Waals surface area contributed by atoms with Crippen molar-refractivity contribution in [2.24, 2.45) is 0 Å². The van der Waals surface area contributed by atoms with Gasteiger partial charge in [-0.15, -0.1) is 0 Å². The molecule has 54 valence electrons. The van der Waals surface area contributed by atoms with E-state index in [9.17, 15) is 18.8 Å². The summed E-state index contributed by atoms with van der Waals surface area (Å²) in [7, 11) is -4.60. The summed E-state index contributed by atoms with van der Waals surface area (Å²) >= 11 is 0. The van der Waals surface area contributed by atoms with Crippen LogP contribution < -0.4 is 14.0 Å². The molecule has 0 aromatic carbocycles. The van der Waals surface area contributed by atoms with Gasteiger partial charge >= 0.3 is 5.97 Å². The van der Waals surface area contributed by atoms with Crippen LogP contribution in [0.4, 0.5) is 0 Å². The number of halogens is 1. The Kier molecular flexibility index (Phi) is 2.82. The summed E-state index contributed by atoms with van der Waals surface area (Å²) in [5.74, 6) is -1.51. The number of carboxylic acid groups (broad SMARTS) is 1. The van der Waals surface area contributed by atoms with Crippen LogP contribution in [0.2, 0.25) is 0 Å². The predicted molar refractivity (Wildman–Crippen MR) is 13.6 cm³/mol. The van der Waals surface area contributed by atoms with Crippen LogP contribution in [0.25, 0.3) is 0 Å². The standard InChI is InChI=1S/C2H3ClO6/c4-2(5)1-9-3(6,7)8/h1H2,(H,4,5). The minimum absolute atomic E-state index is 1.13. The molecular weight excluding hydrogens is 155 g/mol. The number of aliphatic carboxylic acids is 1. The highest BCUT2D eigenvalue weighted by Crippen LogP contribution is 1.85. The van der Waals surface area contributed by atoms with E-state index in [-0.39, 0.29) is 0 Å². The van der Waals surface area contributed by atoms with E-state index in [1.54, 1.807) is 0 Å². The van der Waals surface area contributed by atoms with Crippen molar-refractivity contribution in [3.63, 3.8) is 0 Å². The molecule has 7 heteroatoms. The van der Waals surface area contributed by atoms with E-state index < -0.39 is 22.8 Å². The van der Waals surface area contributed by atoms with Crippen LogP contribution in [0.1, 0.15) is 0 Å². The molecule has 0 aromatic heterocycles. The van der Waals surface area contributed by atoms with Gasteiger partial charge < -0.3 is 5.11 Å². The molecule has 0 aliphatic heterocycles. The summed E-state index contributed by atoms with van der Waals surface area (Å²) in [6.07, 6.45) is 0. The van der Waals surface area contributed by atoms with Crippen molar-refractivity contribution in [1.82, 2.24) is 0 Å². The zero-order chi connectivity index (χ0) is 7.49. The van der Waals surface area contributed by atoms with Crippen molar-refractivity contribution < 1.29 is 38.4 Å². The lowest BCUT2D eigenvalue weighted by Crippen LogP contribution is -2.61. The Morgan fingerprint density at radius 2 is 2.00 bits per heavy atom. The molecule has 0 radical (unpaired) electrons. The minimum atomic E-state index is -4.60. The van der Waals surface area contributed by atoms with Gasteiger partial charge in [0.05, 0.1) is 14.5 Å². The molecule has 0 spiro atoms. The number of rotatable bonds is 3. The topological polar surface area (TPSA) is 116 Å². The van der Waals surface area contributed by atoms with E-state index in [0.29, 0.717) is 0 Å². The SMILES string of the molecule is O=C(O)CO[Cl+3]([O-])([O-])[O-]. The first-order valence-electron chi connectivity index (χ1n) is 1.69. The monoisotopic (exact) mass is 158 g/mol. The Morgan fingerprint density at radius 3 is 2.11 bits per heavy atom. The fourth-order valence-corrected chi connectivity index (χ4v) is 0.340. The molecule has 0 aliphatic carbocycles. The highest BCUT2D eigenvalue weighted by molar-refractivity contribution is 5.67. The number of carboxylic acids is 1. The zero-order valence-corrected chi connectivity index (χ0v) is 4.83. The first kappa shape index (κ1) is 8.60. The maximum atomic E-state index is 9.51.